The van der Waals surface area contributed by atoms with Crippen LogP contribution in [-0.4, -0.2) is 59.3 Å². The minimum absolute atomic E-state index is 0.0963. The fourth-order valence-electron chi connectivity index (χ4n) is 5.91. The molecule has 10 nitrogen and oxygen atoms in total. The van der Waals surface area contributed by atoms with Crippen molar-refractivity contribution in [3.63, 3.8) is 0 Å². The van der Waals surface area contributed by atoms with E-state index in [-0.39, 0.29) is 18.9 Å². The third-order valence-electron chi connectivity index (χ3n) is 8.10. The van der Waals surface area contributed by atoms with Crippen LogP contribution in [0.4, 0.5) is 0 Å². The number of rotatable bonds is 13. The molecule has 2 aliphatic heterocycles. The number of unbranched alkanes of at least 4 members (excludes halogenated alkanes) is 1. The van der Waals surface area contributed by atoms with Crippen LogP contribution in [0.15, 0.2) is 77.5 Å². The third kappa shape index (κ3) is 6.17. The Morgan fingerprint density at radius 3 is 2.66 bits per heavy atom. The fourth-order valence-corrected chi connectivity index (χ4v) is 5.91. The first-order chi connectivity index (χ1) is 21.5. The molecule has 0 radical (unpaired) electrons. The maximum atomic E-state index is 13.3. The van der Waals surface area contributed by atoms with E-state index in [1.165, 1.54) is 0 Å². The molecule has 6 rings (SSSR count). The number of aryl methyl sites for hydroxylation is 1. The van der Waals surface area contributed by atoms with Crippen molar-refractivity contribution in [3.8, 4) is 0 Å². The van der Waals surface area contributed by atoms with Gasteiger partial charge in [0, 0.05) is 37.4 Å². The Labute approximate surface area is 254 Å². The Morgan fingerprint density at radius 2 is 1.84 bits per heavy atom. The van der Waals surface area contributed by atoms with Crippen LogP contribution < -0.4 is 10.6 Å². The van der Waals surface area contributed by atoms with Crippen molar-refractivity contribution in [2.24, 2.45) is 0 Å². The minimum Gasteiger partial charge on any atom is -0.459 e. The summed E-state index contributed by atoms with van der Waals surface area (Å²) in [5.41, 5.74) is 3.34. The molecule has 4 amide bonds. The Kier molecular flexibility index (Phi) is 8.90. The van der Waals surface area contributed by atoms with Gasteiger partial charge in [0.1, 0.15) is 17.4 Å². The van der Waals surface area contributed by atoms with Gasteiger partial charge in [-0.25, -0.2) is 0 Å². The Bertz CT molecular complexity index is 1650. The lowest BCUT2D eigenvalue weighted by atomic mass is 9.98. The molecular formula is C34H34N4O6. The van der Waals surface area contributed by atoms with Gasteiger partial charge in [-0.1, -0.05) is 36.4 Å². The molecule has 1 fully saturated rings. The number of benzene rings is 2. The van der Waals surface area contributed by atoms with Crippen LogP contribution in [0, 0.1) is 0 Å². The molecule has 4 heterocycles. The maximum Gasteiger partial charge on any atom is 0.262 e. The second-order valence-electron chi connectivity index (χ2n) is 11.1. The number of pyridine rings is 1. The van der Waals surface area contributed by atoms with E-state index in [0.717, 1.165) is 58.6 Å². The number of hydrogen-bond acceptors (Lipinski definition) is 8. The molecule has 4 aromatic rings. The van der Waals surface area contributed by atoms with Gasteiger partial charge < -0.3 is 14.5 Å². The molecule has 226 valence electrons. The lowest BCUT2D eigenvalue weighted by Gasteiger charge is -2.27. The van der Waals surface area contributed by atoms with E-state index in [1.807, 2.05) is 48.7 Å². The number of ether oxygens (including phenoxy) is 1. The summed E-state index contributed by atoms with van der Waals surface area (Å²) in [5, 5.41) is 6.87. The number of amides is 4. The summed E-state index contributed by atoms with van der Waals surface area (Å²) in [6, 6.07) is 18.1. The SMILES string of the molecule is O=C1CCC(N2C(=O)c3cccc(CCCCOCCCNC(c4cccnc4)c4cc5ccccc5o4)c3C2=O)C(=O)N1. The summed E-state index contributed by atoms with van der Waals surface area (Å²) in [4.78, 5) is 55.5. The Hall–Kier alpha value is -4.67. The quantitative estimate of drug-likeness (QED) is 0.173. The maximum absolute atomic E-state index is 13.3. The minimum atomic E-state index is -0.964. The highest BCUT2D eigenvalue weighted by atomic mass is 16.5. The van der Waals surface area contributed by atoms with Gasteiger partial charge in [0.2, 0.25) is 11.8 Å². The number of carbonyl (C=O) groups is 4. The lowest BCUT2D eigenvalue weighted by molar-refractivity contribution is -0.136. The molecule has 0 bridgehead atoms. The fraction of sp³-hybridized carbons (Fsp3) is 0.324. The molecule has 44 heavy (non-hydrogen) atoms. The highest BCUT2D eigenvalue weighted by Crippen LogP contribution is 2.31. The van der Waals surface area contributed by atoms with Crippen molar-refractivity contribution in [3.05, 3.63) is 101 Å². The van der Waals surface area contributed by atoms with Gasteiger partial charge in [0.15, 0.2) is 0 Å². The summed E-state index contributed by atoms with van der Waals surface area (Å²) in [5.74, 6) is -1.10. The number of nitrogens with zero attached hydrogens (tertiary/aromatic N) is 2. The normalized spacial score (nSPS) is 17.3. The molecule has 2 aliphatic rings. The largest absolute Gasteiger partial charge is 0.459 e. The van der Waals surface area contributed by atoms with Crippen molar-refractivity contribution in [2.45, 2.75) is 50.6 Å². The lowest BCUT2D eigenvalue weighted by Crippen LogP contribution is -2.54. The molecule has 2 atom stereocenters. The number of para-hydroxylation sites is 1. The predicted octanol–water partition coefficient (Wildman–Crippen LogP) is 4.34. The van der Waals surface area contributed by atoms with Gasteiger partial charge in [-0.3, -0.25) is 34.4 Å². The summed E-state index contributed by atoms with van der Waals surface area (Å²) in [6.45, 7) is 1.91. The highest BCUT2D eigenvalue weighted by Gasteiger charge is 2.45. The Balaban J connectivity index is 0.955. The van der Waals surface area contributed by atoms with Crippen LogP contribution >= 0.6 is 0 Å². The van der Waals surface area contributed by atoms with E-state index in [4.69, 9.17) is 9.15 Å². The molecule has 2 aromatic carbocycles. The zero-order valence-corrected chi connectivity index (χ0v) is 24.3. The van der Waals surface area contributed by atoms with Crippen molar-refractivity contribution in [2.75, 3.05) is 19.8 Å². The topological polar surface area (TPSA) is 131 Å². The van der Waals surface area contributed by atoms with Gasteiger partial charge in [0.05, 0.1) is 17.2 Å². The number of fused-ring (bicyclic) bond motifs is 2. The van der Waals surface area contributed by atoms with E-state index in [9.17, 15) is 19.2 Å². The second kappa shape index (κ2) is 13.3. The molecule has 0 spiro atoms. The van der Waals surface area contributed by atoms with Crippen molar-refractivity contribution in [1.82, 2.24) is 20.5 Å². The van der Waals surface area contributed by atoms with E-state index in [2.05, 4.69) is 21.7 Å². The average Bonchev–Trinajstić information content (AvgIpc) is 3.57. The number of piperidine rings is 1. The van der Waals surface area contributed by atoms with E-state index >= 15 is 0 Å². The number of carbonyl (C=O) groups excluding carboxylic acids is 4. The molecule has 2 aromatic heterocycles. The van der Waals surface area contributed by atoms with E-state index in [1.54, 1.807) is 18.3 Å². The zero-order valence-electron chi connectivity index (χ0n) is 24.3. The molecule has 0 aliphatic carbocycles. The number of hydrogen-bond donors (Lipinski definition) is 2. The van der Waals surface area contributed by atoms with Gasteiger partial charge >= 0.3 is 0 Å². The smallest absolute Gasteiger partial charge is 0.262 e. The van der Waals surface area contributed by atoms with Crippen molar-refractivity contribution < 1.29 is 28.3 Å². The molecule has 10 heteroatoms. The first-order valence-electron chi connectivity index (χ1n) is 15.0. The van der Waals surface area contributed by atoms with E-state index in [0.29, 0.717) is 30.8 Å². The molecular weight excluding hydrogens is 560 g/mol. The summed E-state index contributed by atoms with van der Waals surface area (Å²) in [7, 11) is 0. The van der Waals surface area contributed by atoms with Gasteiger partial charge in [-0.15, -0.1) is 0 Å². The second-order valence-corrected chi connectivity index (χ2v) is 11.1. The van der Waals surface area contributed by atoms with Crippen molar-refractivity contribution >= 4 is 34.6 Å². The summed E-state index contributed by atoms with van der Waals surface area (Å²) < 4.78 is 12.0. The van der Waals surface area contributed by atoms with Crippen LogP contribution in [0.3, 0.4) is 0 Å². The summed E-state index contributed by atoms with van der Waals surface area (Å²) >= 11 is 0. The number of nitrogens with one attached hydrogen (secondary N) is 2. The van der Waals surface area contributed by atoms with Gasteiger partial charge in [0.25, 0.3) is 11.8 Å². The van der Waals surface area contributed by atoms with Crippen LogP contribution in [0.2, 0.25) is 0 Å². The Morgan fingerprint density at radius 1 is 0.977 bits per heavy atom. The predicted molar refractivity (Wildman–Crippen MR) is 162 cm³/mol. The van der Waals surface area contributed by atoms with Crippen LogP contribution in [0.5, 0.6) is 0 Å². The first kappa shape index (κ1) is 29.4. The van der Waals surface area contributed by atoms with Crippen LogP contribution in [-0.2, 0) is 20.7 Å². The standard InChI is InChI=1S/C34H34N4O6/c39-29-15-14-26(32(40)37-29)38-33(41)25-12-5-10-22(30(25)34(38)42)8-3-4-18-43-19-7-17-36-31(24-11-6-16-35-21-24)28-20-23-9-1-2-13-27(23)44-28/h1-2,5-6,9-13,16,20-21,26,31,36H,3-4,7-8,14-15,17-19H2,(H,37,39,40). The molecule has 0 saturated carbocycles. The van der Waals surface area contributed by atoms with Crippen LogP contribution in [0.25, 0.3) is 11.0 Å². The monoisotopic (exact) mass is 594 g/mol. The zero-order chi connectivity index (χ0) is 30.5. The van der Waals surface area contributed by atoms with Gasteiger partial charge in [-0.2, -0.15) is 0 Å². The molecule has 1 saturated heterocycles. The number of imide groups is 2. The first-order valence-corrected chi connectivity index (χ1v) is 15.0. The third-order valence-corrected chi connectivity index (χ3v) is 8.10. The molecule has 2 N–H and O–H groups in total. The number of furan rings is 1. The van der Waals surface area contributed by atoms with Crippen molar-refractivity contribution in [1.29, 1.82) is 0 Å². The van der Waals surface area contributed by atoms with E-state index < -0.39 is 29.7 Å². The number of aromatic nitrogens is 1. The van der Waals surface area contributed by atoms with Gasteiger partial charge in [-0.05, 0) is 74.0 Å². The summed E-state index contributed by atoms with van der Waals surface area (Å²) in [6.07, 6.45) is 6.85. The average molecular weight is 595 g/mol. The highest BCUT2D eigenvalue weighted by molar-refractivity contribution is 6.24. The molecule has 2 unspecified atom stereocenters. The van der Waals surface area contributed by atoms with Crippen LogP contribution in [0.1, 0.15) is 75.7 Å².